The van der Waals surface area contributed by atoms with Crippen molar-refractivity contribution in [3.05, 3.63) is 18.2 Å². The molecule has 6 nitrogen and oxygen atoms in total. The van der Waals surface area contributed by atoms with E-state index in [1.165, 1.54) is 0 Å². The number of carbonyl (C=O) groups is 1. The van der Waals surface area contributed by atoms with E-state index in [2.05, 4.69) is 13.2 Å². The van der Waals surface area contributed by atoms with Gasteiger partial charge in [0.25, 0.3) is 0 Å². The summed E-state index contributed by atoms with van der Waals surface area (Å²) in [5.41, 5.74) is 7.89. The average Bonchev–Trinajstić information content (AvgIpc) is 3.08. The van der Waals surface area contributed by atoms with Gasteiger partial charge in [-0.15, -0.1) is 0 Å². The first-order valence-electron chi connectivity index (χ1n) is 6.15. The van der Waals surface area contributed by atoms with Gasteiger partial charge in [0.2, 0.25) is 0 Å². The number of anilines is 1. The van der Waals surface area contributed by atoms with Gasteiger partial charge in [0.1, 0.15) is 0 Å². The van der Waals surface area contributed by atoms with Crippen LogP contribution in [0.1, 0.15) is 12.8 Å². The maximum absolute atomic E-state index is 12.1. The van der Waals surface area contributed by atoms with E-state index in [1.54, 1.807) is 0 Å². The SMILES string of the molecule is NCC1CCC(C(=O)Nc2cccc3c2N=[Se]=N3)O1. The van der Waals surface area contributed by atoms with Gasteiger partial charge < -0.3 is 0 Å². The maximum atomic E-state index is 12.1. The molecule has 2 atom stereocenters. The van der Waals surface area contributed by atoms with Crippen LogP contribution in [0.3, 0.4) is 0 Å². The number of fused-ring (bicyclic) bond motifs is 1. The van der Waals surface area contributed by atoms with Gasteiger partial charge in [-0.3, -0.25) is 0 Å². The third-order valence-corrected chi connectivity index (χ3v) is 4.35. The normalized spacial score (nSPS) is 24.1. The molecule has 2 aliphatic rings. The third-order valence-electron chi connectivity index (χ3n) is 3.21. The predicted molar refractivity (Wildman–Crippen MR) is 72.0 cm³/mol. The Kier molecular flexibility index (Phi) is 3.61. The van der Waals surface area contributed by atoms with E-state index in [0.717, 1.165) is 17.8 Å². The Hall–Kier alpha value is -1.27. The van der Waals surface area contributed by atoms with Crippen molar-refractivity contribution < 1.29 is 9.53 Å². The Morgan fingerprint density at radius 3 is 3.16 bits per heavy atom. The topological polar surface area (TPSA) is 89.1 Å². The molecule has 1 fully saturated rings. The van der Waals surface area contributed by atoms with E-state index in [-0.39, 0.29) is 26.6 Å². The molecule has 7 heteroatoms. The van der Waals surface area contributed by atoms with Crippen LogP contribution >= 0.6 is 0 Å². The van der Waals surface area contributed by atoms with Gasteiger partial charge in [-0.2, -0.15) is 0 Å². The molecule has 0 bridgehead atoms. The summed E-state index contributed by atoms with van der Waals surface area (Å²) < 4.78 is 14.2. The Labute approximate surface area is 116 Å². The molecule has 100 valence electrons. The number of nitrogens with one attached hydrogen (secondary N) is 1. The Bertz CT molecular complexity index is 583. The number of nitrogens with two attached hydrogens (primary N) is 1. The molecule has 2 heterocycles. The number of hydrogen-bond acceptors (Lipinski definition) is 5. The summed E-state index contributed by atoms with van der Waals surface area (Å²) in [7, 11) is 0. The van der Waals surface area contributed by atoms with Crippen LogP contribution in [0.4, 0.5) is 17.1 Å². The Morgan fingerprint density at radius 2 is 2.37 bits per heavy atom. The number of nitrogens with zero attached hydrogens (tertiary/aromatic N) is 2. The zero-order chi connectivity index (χ0) is 13.2. The van der Waals surface area contributed by atoms with Gasteiger partial charge in [-0.1, -0.05) is 0 Å². The molecule has 1 aromatic rings. The molecule has 0 radical (unpaired) electrons. The standard InChI is InChI=1S/C12H14N4O2Se/c13-6-7-4-5-10(18-7)12(17)14-8-2-1-3-9-11(8)16-19-15-9/h1-3,7,10H,4-6,13H2,(H,14,17). The van der Waals surface area contributed by atoms with Crippen LogP contribution < -0.4 is 11.1 Å². The Morgan fingerprint density at radius 1 is 1.47 bits per heavy atom. The van der Waals surface area contributed by atoms with E-state index < -0.39 is 6.10 Å². The minimum atomic E-state index is -0.409. The van der Waals surface area contributed by atoms with Crippen molar-refractivity contribution in [3.63, 3.8) is 0 Å². The summed E-state index contributed by atoms with van der Waals surface area (Å²) in [6, 6.07) is 5.61. The molecule has 1 amide bonds. The first kappa shape index (κ1) is 12.7. The minimum absolute atomic E-state index is 0.000240. The number of hydrogen-bond donors (Lipinski definition) is 2. The van der Waals surface area contributed by atoms with E-state index in [0.29, 0.717) is 18.7 Å². The van der Waals surface area contributed by atoms with Crippen LogP contribution in [0.2, 0.25) is 0 Å². The zero-order valence-electron chi connectivity index (χ0n) is 10.2. The van der Waals surface area contributed by atoms with Crippen LogP contribution in [0.5, 0.6) is 0 Å². The van der Waals surface area contributed by atoms with Gasteiger partial charge in [0.15, 0.2) is 0 Å². The van der Waals surface area contributed by atoms with E-state index in [4.69, 9.17) is 10.5 Å². The van der Waals surface area contributed by atoms with Crippen LogP contribution in [0.25, 0.3) is 0 Å². The van der Waals surface area contributed by atoms with Crippen molar-refractivity contribution >= 4 is 37.5 Å². The summed E-state index contributed by atoms with van der Waals surface area (Å²) in [5.74, 6) is -0.126. The second-order valence-electron chi connectivity index (χ2n) is 4.49. The van der Waals surface area contributed by atoms with Crippen molar-refractivity contribution in [1.29, 1.82) is 0 Å². The van der Waals surface area contributed by atoms with Crippen molar-refractivity contribution in [2.75, 3.05) is 11.9 Å². The Balaban J connectivity index is 1.71. The average molecular weight is 325 g/mol. The van der Waals surface area contributed by atoms with Crippen molar-refractivity contribution in [3.8, 4) is 0 Å². The summed E-state index contributed by atoms with van der Waals surface area (Å²) in [5, 5.41) is 2.88. The molecule has 1 aromatic carbocycles. The van der Waals surface area contributed by atoms with E-state index in [1.807, 2.05) is 18.2 Å². The summed E-state index contributed by atoms with van der Waals surface area (Å²) in [4.78, 5) is 12.1. The van der Waals surface area contributed by atoms with Gasteiger partial charge >= 0.3 is 116 Å². The van der Waals surface area contributed by atoms with Crippen molar-refractivity contribution in [1.82, 2.24) is 0 Å². The van der Waals surface area contributed by atoms with Crippen molar-refractivity contribution in [2.24, 2.45) is 13.7 Å². The van der Waals surface area contributed by atoms with Crippen LogP contribution in [0, 0.1) is 0 Å². The quantitative estimate of drug-likeness (QED) is 0.838. The molecule has 3 rings (SSSR count). The first-order chi connectivity index (χ1) is 9.28. The van der Waals surface area contributed by atoms with Crippen molar-refractivity contribution in [2.45, 2.75) is 25.0 Å². The van der Waals surface area contributed by atoms with E-state index >= 15 is 0 Å². The third kappa shape index (κ3) is 2.55. The first-order valence-corrected chi connectivity index (χ1v) is 7.69. The van der Waals surface area contributed by atoms with Gasteiger partial charge in [0.05, 0.1) is 0 Å². The fraction of sp³-hybridized carbons (Fsp3) is 0.417. The molecule has 0 aromatic heterocycles. The number of amides is 1. The molecule has 1 saturated heterocycles. The van der Waals surface area contributed by atoms with Gasteiger partial charge in [0, 0.05) is 0 Å². The second kappa shape index (κ2) is 5.38. The monoisotopic (exact) mass is 326 g/mol. The number of rotatable bonds is 3. The van der Waals surface area contributed by atoms with Crippen LogP contribution in [0.15, 0.2) is 26.1 Å². The molecule has 2 aliphatic heterocycles. The second-order valence-corrected chi connectivity index (χ2v) is 5.60. The molecule has 0 spiro atoms. The number of carbonyl (C=O) groups excluding carboxylic acids is 1. The van der Waals surface area contributed by atoms with E-state index in [9.17, 15) is 4.79 Å². The predicted octanol–water partition coefficient (Wildman–Crippen LogP) is 1.48. The molecule has 3 N–H and O–H groups in total. The fourth-order valence-corrected chi connectivity index (χ4v) is 3.35. The zero-order valence-corrected chi connectivity index (χ0v) is 11.9. The van der Waals surface area contributed by atoms with Crippen LogP contribution in [-0.2, 0) is 9.53 Å². The van der Waals surface area contributed by atoms with Gasteiger partial charge in [-0.25, -0.2) is 0 Å². The number of benzene rings is 1. The fourth-order valence-electron chi connectivity index (χ4n) is 2.19. The molecular formula is C12H14N4O2Se. The van der Waals surface area contributed by atoms with Crippen LogP contribution in [-0.4, -0.2) is 39.2 Å². The summed E-state index contributed by atoms with van der Waals surface area (Å²) in [6.45, 7) is 0.460. The molecular weight excluding hydrogens is 311 g/mol. The van der Waals surface area contributed by atoms with Gasteiger partial charge in [-0.05, 0) is 0 Å². The summed E-state index contributed by atoms with van der Waals surface area (Å²) >= 11 is -0.0995. The molecule has 0 aliphatic carbocycles. The molecule has 19 heavy (non-hydrogen) atoms. The number of ether oxygens (including phenoxy) is 1. The summed E-state index contributed by atoms with van der Waals surface area (Å²) in [6.07, 6.45) is 1.15. The molecule has 0 saturated carbocycles. The molecule has 2 unspecified atom stereocenters.